The van der Waals surface area contributed by atoms with Crippen molar-refractivity contribution in [2.45, 2.75) is 6.54 Å². The van der Waals surface area contributed by atoms with Crippen LogP contribution in [0.25, 0.3) is 11.0 Å². The summed E-state index contributed by atoms with van der Waals surface area (Å²) in [4.78, 5) is 24.4. The van der Waals surface area contributed by atoms with Crippen LogP contribution in [-0.2, 0) is 11.3 Å². The number of halogens is 1. The third-order valence-corrected chi connectivity index (χ3v) is 2.49. The molecule has 1 aromatic heterocycles. The van der Waals surface area contributed by atoms with Gasteiger partial charge in [0, 0.05) is 4.47 Å². The number of fused-ring (bicyclic) bond motifs is 1. The van der Waals surface area contributed by atoms with E-state index in [1.165, 1.54) is 4.57 Å². The number of imidazole rings is 1. The normalized spacial score (nSPS) is 10.6. The van der Waals surface area contributed by atoms with Crippen LogP contribution >= 0.6 is 15.9 Å². The molecule has 2 rings (SSSR count). The van der Waals surface area contributed by atoms with Gasteiger partial charge in [0.25, 0.3) is 0 Å². The van der Waals surface area contributed by atoms with E-state index in [2.05, 4.69) is 20.9 Å². The molecule has 0 fully saturated rings. The molecule has 1 aromatic carbocycles. The van der Waals surface area contributed by atoms with Crippen molar-refractivity contribution in [3.63, 3.8) is 0 Å². The van der Waals surface area contributed by atoms with Gasteiger partial charge in [-0.3, -0.25) is 4.57 Å². The first-order valence-electron chi connectivity index (χ1n) is 4.04. The maximum absolute atomic E-state index is 11.4. The van der Waals surface area contributed by atoms with Crippen molar-refractivity contribution in [1.29, 1.82) is 0 Å². The average Bonchev–Trinajstić information content (AvgIpc) is 2.45. The van der Waals surface area contributed by atoms with E-state index < -0.39 is 0 Å². The van der Waals surface area contributed by atoms with Crippen molar-refractivity contribution >= 4 is 33.2 Å². The number of carbonyl (C=O) groups excluding carboxylic acids is 1. The molecule has 0 aliphatic heterocycles. The molecular weight excluding hydrogens is 248 g/mol. The van der Waals surface area contributed by atoms with Crippen LogP contribution in [0.4, 0.5) is 0 Å². The number of rotatable bonds is 2. The number of hydrogen-bond donors (Lipinski definition) is 1. The van der Waals surface area contributed by atoms with Crippen LogP contribution in [0.3, 0.4) is 0 Å². The fourth-order valence-corrected chi connectivity index (χ4v) is 1.73. The third kappa shape index (κ3) is 1.39. The van der Waals surface area contributed by atoms with E-state index in [1.54, 1.807) is 12.1 Å². The molecule has 0 aliphatic carbocycles. The van der Waals surface area contributed by atoms with Gasteiger partial charge in [0.15, 0.2) is 0 Å². The number of aldehydes is 1. The molecule has 0 saturated heterocycles. The largest absolute Gasteiger partial charge is 0.326 e. The zero-order chi connectivity index (χ0) is 10.1. The lowest BCUT2D eigenvalue weighted by atomic mass is 10.3. The standard InChI is InChI=1S/C9H7BrN2O2/c10-6-1-2-7-8(5-6)12(3-4-13)9(14)11-7/h1-2,4-5H,3H2,(H,11,14). The van der Waals surface area contributed by atoms with Gasteiger partial charge in [-0.2, -0.15) is 0 Å². The maximum Gasteiger partial charge on any atom is 0.326 e. The molecule has 0 saturated carbocycles. The van der Waals surface area contributed by atoms with Gasteiger partial charge in [0.2, 0.25) is 0 Å². The summed E-state index contributed by atoms with van der Waals surface area (Å²) in [5, 5.41) is 0. The highest BCUT2D eigenvalue weighted by Gasteiger charge is 2.05. The molecule has 14 heavy (non-hydrogen) atoms. The van der Waals surface area contributed by atoms with Crippen molar-refractivity contribution in [1.82, 2.24) is 9.55 Å². The SMILES string of the molecule is O=CCn1c(=O)[nH]c2ccc(Br)cc21. The zero-order valence-corrected chi connectivity index (χ0v) is 8.74. The first-order valence-corrected chi connectivity index (χ1v) is 4.83. The number of hydrogen-bond acceptors (Lipinski definition) is 2. The van der Waals surface area contributed by atoms with Gasteiger partial charge in [-0.1, -0.05) is 15.9 Å². The molecule has 5 heteroatoms. The van der Waals surface area contributed by atoms with E-state index in [0.717, 1.165) is 15.5 Å². The summed E-state index contributed by atoms with van der Waals surface area (Å²) < 4.78 is 2.27. The Bertz CT molecular complexity index is 541. The molecular formula is C9H7BrN2O2. The van der Waals surface area contributed by atoms with Gasteiger partial charge >= 0.3 is 5.69 Å². The van der Waals surface area contributed by atoms with Crippen LogP contribution in [0.5, 0.6) is 0 Å². The first kappa shape index (κ1) is 9.21. The molecule has 2 aromatic rings. The number of H-pyrrole nitrogens is 1. The highest BCUT2D eigenvalue weighted by molar-refractivity contribution is 9.10. The molecule has 1 N–H and O–H groups in total. The molecule has 72 valence electrons. The summed E-state index contributed by atoms with van der Waals surface area (Å²) in [5.74, 6) is 0. The average molecular weight is 255 g/mol. The summed E-state index contributed by atoms with van der Waals surface area (Å²) in [6, 6.07) is 5.43. The number of nitrogens with one attached hydrogen (secondary N) is 1. The fraction of sp³-hybridized carbons (Fsp3) is 0.111. The monoisotopic (exact) mass is 254 g/mol. The Morgan fingerprint density at radius 1 is 1.50 bits per heavy atom. The molecule has 4 nitrogen and oxygen atoms in total. The molecule has 0 atom stereocenters. The smallest absolute Gasteiger partial charge is 0.306 e. The lowest BCUT2D eigenvalue weighted by molar-refractivity contribution is -0.108. The van der Waals surface area contributed by atoms with E-state index >= 15 is 0 Å². The van der Waals surface area contributed by atoms with Gasteiger partial charge in [-0.25, -0.2) is 4.79 Å². The highest BCUT2D eigenvalue weighted by atomic mass is 79.9. The molecule has 0 amide bonds. The number of aromatic amines is 1. The van der Waals surface area contributed by atoms with Crippen LogP contribution in [-0.4, -0.2) is 15.8 Å². The molecule has 0 spiro atoms. The van der Waals surface area contributed by atoms with Crippen LogP contribution in [0.15, 0.2) is 27.5 Å². The van der Waals surface area contributed by atoms with Gasteiger partial charge in [-0.05, 0) is 18.2 Å². The van der Waals surface area contributed by atoms with Gasteiger partial charge < -0.3 is 9.78 Å². The van der Waals surface area contributed by atoms with Crippen molar-refractivity contribution in [3.8, 4) is 0 Å². The predicted molar refractivity (Wildman–Crippen MR) is 56.3 cm³/mol. The molecule has 0 aliphatic rings. The Labute approximate surface area is 87.7 Å². The van der Waals surface area contributed by atoms with Crippen molar-refractivity contribution < 1.29 is 4.79 Å². The van der Waals surface area contributed by atoms with Crippen LogP contribution < -0.4 is 5.69 Å². The van der Waals surface area contributed by atoms with E-state index in [1.807, 2.05) is 6.07 Å². The van der Waals surface area contributed by atoms with Crippen molar-refractivity contribution in [2.24, 2.45) is 0 Å². The lowest BCUT2D eigenvalue weighted by Crippen LogP contribution is -2.17. The van der Waals surface area contributed by atoms with Crippen molar-refractivity contribution in [3.05, 3.63) is 33.2 Å². The van der Waals surface area contributed by atoms with Crippen molar-refractivity contribution in [2.75, 3.05) is 0 Å². The summed E-state index contributed by atoms with van der Waals surface area (Å²) in [5.41, 5.74) is 1.21. The quantitative estimate of drug-likeness (QED) is 0.822. The molecule has 0 unspecified atom stereocenters. The number of carbonyl (C=O) groups is 1. The minimum absolute atomic E-state index is 0.0787. The molecule has 0 radical (unpaired) electrons. The fourth-order valence-electron chi connectivity index (χ4n) is 1.38. The zero-order valence-electron chi connectivity index (χ0n) is 7.16. The Morgan fingerprint density at radius 2 is 2.29 bits per heavy atom. The lowest BCUT2D eigenvalue weighted by Gasteiger charge is -1.96. The van der Waals surface area contributed by atoms with E-state index in [-0.39, 0.29) is 12.2 Å². The Hall–Kier alpha value is -1.36. The minimum Gasteiger partial charge on any atom is -0.306 e. The van der Waals surface area contributed by atoms with E-state index in [0.29, 0.717) is 6.29 Å². The predicted octanol–water partition coefficient (Wildman–Crippen LogP) is 1.29. The second kappa shape index (κ2) is 3.42. The summed E-state index contributed by atoms with van der Waals surface area (Å²) in [6.45, 7) is 0.0787. The number of nitrogens with zero attached hydrogens (tertiary/aromatic N) is 1. The third-order valence-electron chi connectivity index (χ3n) is 1.99. The Balaban J connectivity index is 2.79. The second-order valence-corrected chi connectivity index (χ2v) is 3.78. The summed E-state index contributed by atoms with van der Waals surface area (Å²) >= 11 is 3.31. The molecule has 1 heterocycles. The number of benzene rings is 1. The minimum atomic E-state index is -0.259. The Morgan fingerprint density at radius 3 is 3.00 bits per heavy atom. The maximum atomic E-state index is 11.4. The van der Waals surface area contributed by atoms with Gasteiger partial charge in [0.05, 0.1) is 17.6 Å². The topological polar surface area (TPSA) is 54.9 Å². The number of aromatic nitrogens is 2. The van der Waals surface area contributed by atoms with E-state index in [9.17, 15) is 9.59 Å². The summed E-state index contributed by atoms with van der Waals surface area (Å²) in [6.07, 6.45) is 0.704. The first-order chi connectivity index (χ1) is 6.72. The van der Waals surface area contributed by atoms with Gasteiger partial charge in [0.1, 0.15) is 6.29 Å². The summed E-state index contributed by atoms with van der Waals surface area (Å²) in [7, 11) is 0. The van der Waals surface area contributed by atoms with Crippen LogP contribution in [0, 0.1) is 0 Å². The molecule has 0 bridgehead atoms. The Kier molecular flexibility index (Phi) is 2.25. The second-order valence-electron chi connectivity index (χ2n) is 2.87. The van der Waals surface area contributed by atoms with E-state index in [4.69, 9.17) is 0 Å². The van der Waals surface area contributed by atoms with Gasteiger partial charge in [-0.15, -0.1) is 0 Å². The highest BCUT2D eigenvalue weighted by Crippen LogP contribution is 2.16. The van der Waals surface area contributed by atoms with Crippen LogP contribution in [0.2, 0.25) is 0 Å². The van der Waals surface area contributed by atoms with Crippen LogP contribution in [0.1, 0.15) is 0 Å².